The predicted molar refractivity (Wildman–Crippen MR) is 53.5 cm³/mol. The van der Waals surface area contributed by atoms with Gasteiger partial charge in [0.2, 0.25) is 0 Å². The van der Waals surface area contributed by atoms with E-state index in [1.165, 1.54) is 0 Å². The SMILES string of the molecule is CCOC(=O)C(C)C.c1ccnnc1. The number of ether oxygens (including phenoxy) is 1. The van der Waals surface area contributed by atoms with Crippen molar-refractivity contribution in [2.75, 3.05) is 6.61 Å². The van der Waals surface area contributed by atoms with Crippen LogP contribution in [0, 0.1) is 5.92 Å². The van der Waals surface area contributed by atoms with Crippen molar-refractivity contribution in [3.63, 3.8) is 0 Å². The molecule has 0 atom stereocenters. The molecule has 0 saturated heterocycles. The third-order valence-electron chi connectivity index (χ3n) is 1.24. The lowest BCUT2D eigenvalue weighted by molar-refractivity contribution is -0.146. The van der Waals surface area contributed by atoms with E-state index in [0.29, 0.717) is 6.61 Å². The normalized spacial score (nSPS) is 8.86. The molecule has 14 heavy (non-hydrogen) atoms. The topological polar surface area (TPSA) is 52.1 Å². The summed E-state index contributed by atoms with van der Waals surface area (Å²) in [6, 6.07) is 3.65. The first-order valence-corrected chi connectivity index (χ1v) is 4.56. The van der Waals surface area contributed by atoms with Crippen molar-refractivity contribution in [3.8, 4) is 0 Å². The van der Waals surface area contributed by atoms with Crippen LogP contribution in [0.1, 0.15) is 20.8 Å². The lowest BCUT2D eigenvalue weighted by atomic mass is 10.2. The molecule has 1 aromatic heterocycles. The number of nitrogens with zero attached hydrogens (tertiary/aromatic N) is 2. The van der Waals surface area contributed by atoms with Crippen LogP contribution in [0.4, 0.5) is 0 Å². The summed E-state index contributed by atoms with van der Waals surface area (Å²) in [7, 11) is 0. The fourth-order valence-electron chi connectivity index (χ4n) is 0.562. The van der Waals surface area contributed by atoms with Gasteiger partial charge in [-0.2, -0.15) is 10.2 Å². The van der Waals surface area contributed by atoms with Gasteiger partial charge in [0.05, 0.1) is 12.5 Å². The van der Waals surface area contributed by atoms with Gasteiger partial charge in [-0.25, -0.2) is 0 Å². The molecule has 0 spiro atoms. The van der Waals surface area contributed by atoms with E-state index in [2.05, 4.69) is 14.9 Å². The number of hydrogen-bond acceptors (Lipinski definition) is 4. The van der Waals surface area contributed by atoms with Crippen LogP contribution in [0.2, 0.25) is 0 Å². The maximum atomic E-state index is 10.5. The lowest BCUT2D eigenvalue weighted by Crippen LogP contribution is -2.10. The van der Waals surface area contributed by atoms with Crippen molar-refractivity contribution >= 4 is 5.97 Å². The number of carbonyl (C=O) groups excluding carboxylic acids is 1. The number of hydrogen-bond donors (Lipinski definition) is 0. The Labute approximate surface area is 84.3 Å². The molecule has 1 aromatic rings. The van der Waals surface area contributed by atoms with E-state index in [-0.39, 0.29) is 11.9 Å². The van der Waals surface area contributed by atoms with Crippen LogP contribution in [-0.2, 0) is 9.53 Å². The number of rotatable bonds is 2. The first kappa shape index (κ1) is 12.6. The molecule has 0 fully saturated rings. The Balaban J connectivity index is 0.000000249. The van der Waals surface area contributed by atoms with E-state index in [1.54, 1.807) is 19.3 Å². The van der Waals surface area contributed by atoms with Gasteiger partial charge in [-0.1, -0.05) is 13.8 Å². The van der Waals surface area contributed by atoms with Crippen LogP contribution in [-0.4, -0.2) is 22.8 Å². The average molecular weight is 196 g/mol. The van der Waals surface area contributed by atoms with E-state index < -0.39 is 0 Å². The Morgan fingerprint density at radius 2 is 1.79 bits per heavy atom. The van der Waals surface area contributed by atoms with Crippen molar-refractivity contribution in [2.24, 2.45) is 5.92 Å². The monoisotopic (exact) mass is 196 g/mol. The number of aromatic nitrogens is 2. The fraction of sp³-hybridized carbons (Fsp3) is 0.500. The molecule has 4 heteroatoms. The number of esters is 1. The molecule has 0 saturated carbocycles. The predicted octanol–water partition coefficient (Wildman–Crippen LogP) is 1.68. The highest BCUT2D eigenvalue weighted by molar-refractivity contribution is 5.71. The zero-order valence-electron chi connectivity index (χ0n) is 8.80. The maximum absolute atomic E-state index is 10.5. The second-order valence-corrected chi connectivity index (χ2v) is 2.82. The molecule has 0 bridgehead atoms. The van der Waals surface area contributed by atoms with Gasteiger partial charge >= 0.3 is 5.97 Å². The molecule has 0 aliphatic rings. The Bertz CT molecular complexity index is 210. The smallest absolute Gasteiger partial charge is 0.308 e. The summed E-state index contributed by atoms with van der Waals surface area (Å²) in [4.78, 5) is 10.5. The van der Waals surface area contributed by atoms with Gasteiger partial charge in [-0.15, -0.1) is 0 Å². The summed E-state index contributed by atoms with van der Waals surface area (Å²) in [5.74, 6) is -0.109. The molecule has 0 radical (unpaired) electrons. The van der Waals surface area contributed by atoms with Crippen LogP contribution in [0.15, 0.2) is 24.5 Å². The molecule has 0 N–H and O–H groups in total. The first-order chi connectivity index (χ1) is 6.68. The minimum Gasteiger partial charge on any atom is -0.466 e. The molecule has 0 aliphatic carbocycles. The minimum absolute atomic E-state index is 0.00921. The summed E-state index contributed by atoms with van der Waals surface area (Å²) in [5, 5.41) is 7.07. The van der Waals surface area contributed by atoms with Gasteiger partial charge in [0.15, 0.2) is 0 Å². The van der Waals surface area contributed by atoms with Gasteiger partial charge < -0.3 is 4.74 Å². The third kappa shape index (κ3) is 7.21. The standard InChI is InChI=1S/C6H12O2.C4H4N2/c1-4-8-6(7)5(2)3;1-2-4-6-5-3-1/h5H,4H2,1-3H3;1-4H. The first-order valence-electron chi connectivity index (χ1n) is 4.56. The van der Waals surface area contributed by atoms with E-state index in [4.69, 9.17) is 0 Å². The summed E-state index contributed by atoms with van der Waals surface area (Å²) in [6.07, 6.45) is 3.28. The van der Waals surface area contributed by atoms with Crippen molar-refractivity contribution in [1.82, 2.24) is 10.2 Å². The Kier molecular flexibility index (Phi) is 7.32. The largest absolute Gasteiger partial charge is 0.466 e. The highest BCUT2D eigenvalue weighted by Gasteiger charge is 2.04. The van der Waals surface area contributed by atoms with Crippen molar-refractivity contribution < 1.29 is 9.53 Å². The van der Waals surface area contributed by atoms with E-state index in [0.717, 1.165) is 0 Å². The van der Waals surface area contributed by atoms with E-state index >= 15 is 0 Å². The average Bonchev–Trinajstić information content (AvgIpc) is 2.21. The Morgan fingerprint density at radius 3 is 1.93 bits per heavy atom. The van der Waals surface area contributed by atoms with Crippen LogP contribution in [0.5, 0.6) is 0 Å². The highest BCUT2D eigenvalue weighted by Crippen LogP contribution is 1.93. The third-order valence-corrected chi connectivity index (χ3v) is 1.24. The lowest BCUT2D eigenvalue weighted by Gasteiger charge is -2.01. The molecule has 78 valence electrons. The second kappa shape index (κ2) is 8.16. The zero-order chi connectivity index (χ0) is 10.8. The van der Waals surface area contributed by atoms with Crippen LogP contribution in [0.25, 0.3) is 0 Å². The minimum atomic E-state index is -0.118. The maximum Gasteiger partial charge on any atom is 0.308 e. The van der Waals surface area contributed by atoms with Crippen LogP contribution in [0.3, 0.4) is 0 Å². The van der Waals surface area contributed by atoms with Gasteiger partial charge in [0.25, 0.3) is 0 Å². The summed E-state index contributed by atoms with van der Waals surface area (Å²) in [5.41, 5.74) is 0. The van der Waals surface area contributed by atoms with Gasteiger partial charge in [-0.3, -0.25) is 4.79 Å². The molecule has 0 aliphatic heterocycles. The van der Waals surface area contributed by atoms with E-state index in [1.807, 2.05) is 26.0 Å². The Morgan fingerprint density at radius 1 is 1.29 bits per heavy atom. The second-order valence-electron chi connectivity index (χ2n) is 2.82. The van der Waals surface area contributed by atoms with Crippen molar-refractivity contribution in [2.45, 2.75) is 20.8 Å². The molecule has 1 rings (SSSR count). The summed E-state index contributed by atoms with van der Waals surface area (Å²) >= 11 is 0. The molecule has 0 unspecified atom stereocenters. The quantitative estimate of drug-likeness (QED) is 0.675. The van der Waals surface area contributed by atoms with E-state index in [9.17, 15) is 4.79 Å². The molecule has 1 heterocycles. The Hall–Kier alpha value is -1.45. The molecule has 4 nitrogen and oxygen atoms in total. The van der Waals surface area contributed by atoms with Gasteiger partial charge in [-0.05, 0) is 19.1 Å². The van der Waals surface area contributed by atoms with Crippen molar-refractivity contribution in [1.29, 1.82) is 0 Å². The fourth-order valence-corrected chi connectivity index (χ4v) is 0.562. The molecule has 0 aromatic carbocycles. The molecule has 0 amide bonds. The summed E-state index contributed by atoms with van der Waals surface area (Å²) < 4.78 is 4.66. The van der Waals surface area contributed by atoms with Gasteiger partial charge in [0, 0.05) is 12.4 Å². The van der Waals surface area contributed by atoms with Crippen LogP contribution >= 0.6 is 0 Å². The highest BCUT2D eigenvalue weighted by atomic mass is 16.5. The zero-order valence-corrected chi connectivity index (χ0v) is 8.80. The van der Waals surface area contributed by atoms with Crippen LogP contribution < -0.4 is 0 Å². The van der Waals surface area contributed by atoms with Crippen molar-refractivity contribution in [3.05, 3.63) is 24.5 Å². The summed E-state index contributed by atoms with van der Waals surface area (Å²) in [6.45, 7) is 5.92. The molecular formula is C10H16N2O2. The number of carbonyl (C=O) groups is 1. The van der Waals surface area contributed by atoms with Gasteiger partial charge in [0.1, 0.15) is 0 Å². The molecular weight excluding hydrogens is 180 g/mol.